The largest absolute Gasteiger partial charge is 0.465 e. The zero-order chi connectivity index (χ0) is 12.1. The number of benzene rings is 1. The van der Waals surface area contributed by atoms with Crippen LogP contribution in [-0.2, 0) is 9.53 Å². The van der Waals surface area contributed by atoms with Crippen LogP contribution in [0.4, 0.5) is 0 Å². The molecule has 0 bridgehead atoms. The van der Waals surface area contributed by atoms with Crippen LogP contribution in [0.15, 0.2) is 28.7 Å². The molecule has 1 atom stereocenters. The van der Waals surface area contributed by atoms with Gasteiger partial charge in [-0.25, -0.2) is 0 Å². The Kier molecular flexibility index (Phi) is 5.15. The lowest BCUT2D eigenvalue weighted by molar-refractivity contribution is -0.141. The molecular weight excluding hydrogens is 340 g/mol. The van der Waals surface area contributed by atoms with E-state index in [1.54, 1.807) is 31.2 Å². The first kappa shape index (κ1) is 13.4. The summed E-state index contributed by atoms with van der Waals surface area (Å²) in [7, 11) is 0. The third-order valence-electron chi connectivity index (χ3n) is 1.85. The maximum absolute atomic E-state index is 11.8. The van der Waals surface area contributed by atoms with Gasteiger partial charge in [0.1, 0.15) is 0 Å². The first-order valence-electron chi connectivity index (χ1n) is 4.66. The second-order valence-corrected chi connectivity index (χ2v) is 4.82. The lowest BCUT2D eigenvalue weighted by atomic mass is 10.1. The zero-order valence-electron chi connectivity index (χ0n) is 8.57. The van der Waals surface area contributed by atoms with Crippen LogP contribution in [0.2, 0.25) is 0 Å². The van der Waals surface area contributed by atoms with Crippen LogP contribution in [-0.4, -0.2) is 23.2 Å². The minimum atomic E-state index is -0.936. The molecular formula is C11H10Br2O3. The third kappa shape index (κ3) is 3.42. The van der Waals surface area contributed by atoms with Crippen LogP contribution in [0.1, 0.15) is 17.3 Å². The molecule has 1 aromatic carbocycles. The SMILES string of the molecule is CCOC(=O)[C@@H](Br)C(=O)c1ccc(Br)cc1. The quantitative estimate of drug-likeness (QED) is 0.363. The van der Waals surface area contributed by atoms with Crippen molar-refractivity contribution >= 4 is 43.6 Å². The molecule has 0 unspecified atom stereocenters. The van der Waals surface area contributed by atoms with Crippen molar-refractivity contribution in [3.8, 4) is 0 Å². The molecule has 5 heteroatoms. The highest BCUT2D eigenvalue weighted by Crippen LogP contribution is 2.15. The fraction of sp³-hybridized carbons (Fsp3) is 0.273. The Bertz CT molecular complexity index is 387. The molecule has 0 aliphatic rings. The summed E-state index contributed by atoms with van der Waals surface area (Å²) in [5.41, 5.74) is 0.470. The van der Waals surface area contributed by atoms with Crippen LogP contribution >= 0.6 is 31.9 Å². The Labute approximate surface area is 110 Å². The molecule has 0 N–H and O–H groups in total. The number of carbonyl (C=O) groups is 2. The number of rotatable bonds is 4. The van der Waals surface area contributed by atoms with E-state index in [0.717, 1.165) is 4.47 Å². The molecule has 16 heavy (non-hydrogen) atoms. The van der Waals surface area contributed by atoms with Crippen molar-refractivity contribution in [2.45, 2.75) is 11.8 Å². The van der Waals surface area contributed by atoms with Crippen LogP contribution in [0.3, 0.4) is 0 Å². The van der Waals surface area contributed by atoms with Crippen molar-refractivity contribution in [2.75, 3.05) is 6.61 Å². The number of alkyl halides is 1. The zero-order valence-corrected chi connectivity index (χ0v) is 11.7. The van der Waals surface area contributed by atoms with Gasteiger partial charge in [-0.15, -0.1) is 0 Å². The van der Waals surface area contributed by atoms with Gasteiger partial charge in [-0.1, -0.05) is 44.0 Å². The maximum Gasteiger partial charge on any atom is 0.327 e. The third-order valence-corrected chi connectivity index (χ3v) is 3.17. The van der Waals surface area contributed by atoms with Gasteiger partial charge in [0.05, 0.1) is 6.61 Å². The normalized spacial score (nSPS) is 11.9. The highest BCUT2D eigenvalue weighted by atomic mass is 79.9. The van der Waals surface area contributed by atoms with E-state index in [9.17, 15) is 9.59 Å². The van der Waals surface area contributed by atoms with E-state index in [2.05, 4.69) is 31.9 Å². The van der Waals surface area contributed by atoms with Crippen molar-refractivity contribution in [3.05, 3.63) is 34.3 Å². The van der Waals surface area contributed by atoms with Gasteiger partial charge in [0, 0.05) is 10.0 Å². The second kappa shape index (κ2) is 6.15. The average Bonchev–Trinajstić information content (AvgIpc) is 2.28. The Morgan fingerprint density at radius 3 is 2.38 bits per heavy atom. The molecule has 0 amide bonds. The van der Waals surface area contributed by atoms with Gasteiger partial charge < -0.3 is 4.74 Å². The monoisotopic (exact) mass is 348 g/mol. The van der Waals surface area contributed by atoms with Gasteiger partial charge in [-0.2, -0.15) is 0 Å². The maximum atomic E-state index is 11.8. The fourth-order valence-corrected chi connectivity index (χ4v) is 1.74. The summed E-state index contributed by atoms with van der Waals surface area (Å²) in [6.07, 6.45) is 0. The van der Waals surface area contributed by atoms with Gasteiger partial charge in [-0.3, -0.25) is 9.59 Å². The van der Waals surface area contributed by atoms with Crippen LogP contribution in [0, 0.1) is 0 Å². The van der Waals surface area contributed by atoms with E-state index >= 15 is 0 Å². The number of ketones is 1. The molecule has 0 saturated carbocycles. The molecule has 0 aliphatic carbocycles. The molecule has 3 nitrogen and oxygen atoms in total. The van der Waals surface area contributed by atoms with Crippen LogP contribution in [0.25, 0.3) is 0 Å². The van der Waals surface area contributed by atoms with E-state index in [4.69, 9.17) is 4.74 Å². The van der Waals surface area contributed by atoms with Crippen molar-refractivity contribution in [1.82, 2.24) is 0 Å². The van der Waals surface area contributed by atoms with Gasteiger partial charge in [0.2, 0.25) is 0 Å². The number of hydrogen-bond donors (Lipinski definition) is 0. The van der Waals surface area contributed by atoms with E-state index < -0.39 is 10.8 Å². The standard InChI is InChI=1S/C11H10Br2O3/c1-2-16-11(15)9(13)10(14)7-3-5-8(12)6-4-7/h3-6,9H,2H2,1H3/t9-/m0/s1. The number of ether oxygens (including phenoxy) is 1. The molecule has 0 aliphatic heterocycles. The summed E-state index contributed by atoms with van der Waals surface area (Å²) in [5.74, 6) is -0.860. The second-order valence-electron chi connectivity index (χ2n) is 2.99. The number of esters is 1. The number of Topliss-reactive ketones (excluding diaryl/α,β-unsaturated/α-hetero) is 1. The van der Waals surface area contributed by atoms with E-state index in [1.807, 2.05) is 0 Å². The molecule has 0 heterocycles. The van der Waals surface area contributed by atoms with Crippen molar-refractivity contribution < 1.29 is 14.3 Å². The van der Waals surface area contributed by atoms with Gasteiger partial charge in [-0.05, 0) is 19.1 Å². The lowest BCUT2D eigenvalue weighted by Gasteiger charge is -2.07. The Balaban J connectivity index is 2.78. The highest BCUT2D eigenvalue weighted by molar-refractivity contribution is 9.10. The minimum absolute atomic E-state index is 0.258. The number of carbonyl (C=O) groups excluding carboxylic acids is 2. The summed E-state index contributed by atoms with van der Waals surface area (Å²) in [5, 5.41) is 0. The van der Waals surface area contributed by atoms with E-state index in [-0.39, 0.29) is 12.4 Å². The molecule has 1 aromatic rings. The van der Waals surface area contributed by atoms with Gasteiger partial charge >= 0.3 is 5.97 Å². The van der Waals surface area contributed by atoms with E-state index in [0.29, 0.717) is 5.56 Å². The fourth-order valence-electron chi connectivity index (χ4n) is 1.08. The summed E-state index contributed by atoms with van der Waals surface area (Å²) in [4.78, 5) is 22.2. The van der Waals surface area contributed by atoms with Crippen molar-refractivity contribution in [2.24, 2.45) is 0 Å². The number of hydrogen-bond acceptors (Lipinski definition) is 3. The predicted octanol–water partition coefficient (Wildman–Crippen LogP) is 2.96. The summed E-state index contributed by atoms with van der Waals surface area (Å²) in [6.45, 7) is 1.95. The van der Waals surface area contributed by atoms with Crippen LogP contribution < -0.4 is 0 Å². The smallest absolute Gasteiger partial charge is 0.327 e. The molecule has 0 radical (unpaired) electrons. The first-order valence-corrected chi connectivity index (χ1v) is 6.37. The van der Waals surface area contributed by atoms with Gasteiger partial charge in [0.25, 0.3) is 0 Å². The molecule has 0 spiro atoms. The predicted molar refractivity (Wildman–Crippen MR) is 67.8 cm³/mol. The Morgan fingerprint density at radius 1 is 1.31 bits per heavy atom. The van der Waals surface area contributed by atoms with Gasteiger partial charge in [0.15, 0.2) is 10.6 Å². The summed E-state index contributed by atoms with van der Waals surface area (Å²) < 4.78 is 5.63. The molecule has 86 valence electrons. The average molecular weight is 350 g/mol. The Morgan fingerprint density at radius 2 is 1.88 bits per heavy atom. The number of halogens is 2. The lowest BCUT2D eigenvalue weighted by Crippen LogP contribution is -2.26. The first-order chi connectivity index (χ1) is 7.56. The summed E-state index contributed by atoms with van der Waals surface area (Å²) >= 11 is 6.30. The van der Waals surface area contributed by atoms with Crippen molar-refractivity contribution in [3.63, 3.8) is 0 Å². The highest BCUT2D eigenvalue weighted by Gasteiger charge is 2.25. The minimum Gasteiger partial charge on any atom is -0.465 e. The van der Waals surface area contributed by atoms with Crippen LogP contribution in [0.5, 0.6) is 0 Å². The topological polar surface area (TPSA) is 43.4 Å². The molecule has 0 aromatic heterocycles. The molecule has 0 saturated heterocycles. The van der Waals surface area contributed by atoms with Crippen molar-refractivity contribution in [1.29, 1.82) is 0 Å². The Hall–Kier alpha value is -0.680. The van der Waals surface area contributed by atoms with E-state index in [1.165, 1.54) is 0 Å². The molecule has 0 fully saturated rings. The summed E-state index contributed by atoms with van der Waals surface area (Å²) in [6, 6.07) is 6.80. The molecule has 1 rings (SSSR count).